The molecule has 1 heterocycles. The molecule has 0 aliphatic heterocycles. The highest BCUT2D eigenvalue weighted by atomic mass is 32.2. The predicted molar refractivity (Wildman–Crippen MR) is 53.6 cm³/mol. The number of benzene rings is 1. The molecular weight excluding hydrogens is 235 g/mol. The number of H-pyrrole nitrogens is 1. The molecule has 0 unspecified atom stereocenters. The Labute approximate surface area is 90.6 Å². The predicted octanol–water partition coefficient (Wildman–Crippen LogP) is 0.745. The van der Waals surface area contributed by atoms with Crippen molar-refractivity contribution in [3.63, 3.8) is 0 Å². The van der Waals surface area contributed by atoms with Gasteiger partial charge in [-0.1, -0.05) is 6.07 Å². The maximum Gasteiger partial charge on any atom is 0.264 e. The first-order chi connectivity index (χ1) is 7.58. The lowest BCUT2D eigenvalue weighted by Crippen LogP contribution is -2.14. The number of aromatic nitrogens is 3. The zero-order valence-corrected chi connectivity index (χ0v) is 8.70. The topological polar surface area (TPSA) is 87.7 Å². The number of nitrogens with zero attached hydrogens (tertiary/aromatic N) is 2. The molecule has 0 aliphatic rings. The van der Waals surface area contributed by atoms with Gasteiger partial charge in [0.15, 0.2) is 0 Å². The molecule has 2 rings (SSSR count). The molecule has 1 aromatic heterocycles. The number of hydrogen-bond donors (Lipinski definition) is 2. The van der Waals surface area contributed by atoms with E-state index >= 15 is 0 Å². The highest BCUT2D eigenvalue weighted by Crippen LogP contribution is 2.13. The molecule has 0 amide bonds. The summed E-state index contributed by atoms with van der Waals surface area (Å²) < 4.78 is 38.3. The van der Waals surface area contributed by atoms with Gasteiger partial charge in [-0.3, -0.25) is 0 Å². The minimum absolute atomic E-state index is 0.0238. The van der Waals surface area contributed by atoms with Gasteiger partial charge < -0.3 is 0 Å². The number of nitrogens with one attached hydrogen (secondary N) is 2. The standard InChI is InChI=1S/C8H7FN4O2S/c9-6-2-1-3-7(4-6)16(14,15)13-8-10-5-11-12-8/h1-5H,(H2,10,11,12,13). The summed E-state index contributed by atoms with van der Waals surface area (Å²) in [6, 6.07) is 4.66. The Hall–Kier alpha value is -1.96. The molecule has 0 aliphatic carbocycles. The van der Waals surface area contributed by atoms with Gasteiger partial charge in [0, 0.05) is 0 Å². The number of anilines is 1. The molecule has 84 valence electrons. The Morgan fingerprint density at radius 2 is 2.19 bits per heavy atom. The summed E-state index contributed by atoms with van der Waals surface area (Å²) in [6.45, 7) is 0. The summed E-state index contributed by atoms with van der Waals surface area (Å²) in [7, 11) is -3.83. The summed E-state index contributed by atoms with van der Waals surface area (Å²) >= 11 is 0. The van der Waals surface area contributed by atoms with E-state index in [9.17, 15) is 12.8 Å². The minimum atomic E-state index is -3.83. The van der Waals surface area contributed by atoms with Crippen molar-refractivity contribution in [2.24, 2.45) is 0 Å². The van der Waals surface area contributed by atoms with Gasteiger partial charge in [0.2, 0.25) is 5.95 Å². The average molecular weight is 242 g/mol. The molecule has 0 fully saturated rings. The summed E-state index contributed by atoms with van der Waals surface area (Å²) in [4.78, 5) is 3.42. The van der Waals surface area contributed by atoms with E-state index in [4.69, 9.17) is 0 Å². The largest absolute Gasteiger partial charge is 0.264 e. The minimum Gasteiger partial charge on any atom is -0.248 e. The van der Waals surface area contributed by atoms with Crippen LogP contribution in [-0.4, -0.2) is 23.6 Å². The number of sulfonamides is 1. The van der Waals surface area contributed by atoms with Crippen molar-refractivity contribution in [1.29, 1.82) is 0 Å². The molecule has 0 saturated carbocycles. The van der Waals surface area contributed by atoms with E-state index in [-0.39, 0.29) is 10.8 Å². The quantitative estimate of drug-likeness (QED) is 0.831. The van der Waals surface area contributed by atoms with Gasteiger partial charge in [-0.05, 0) is 18.2 Å². The van der Waals surface area contributed by atoms with E-state index in [2.05, 4.69) is 19.9 Å². The third kappa shape index (κ3) is 2.16. The van der Waals surface area contributed by atoms with Gasteiger partial charge in [0.05, 0.1) is 4.90 Å². The molecule has 2 N–H and O–H groups in total. The molecule has 8 heteroatoms. The first-order valence-electron chi connectivity index (χ1n) is 4.22. The molecule has 0 bridgehead atoms. The van der Waals surface area contributed by atoms with Crippen molar-refractivity contribution in [2.45, 2.75) is 4.90 Å². The normalized spacial score (nSPS) is 11.3. The number of rotatable bonds is 3. The molecule has 1 aromatic carbocycles. The summed E-state index contributed by atoms with van der Waals surface area (Å²) in [6.07, 6.45) is 1.16. The van der Waals surface area contributed by atoms with Crippen LogP contribution in [0.15, 0.2) is 35.5 Å². The lowest BCUT2D eigenvalue weighted by Gasteiger charge is -2.04. The number of halogens is 1. The Bertz CT molecular complexity index is 582. The van der Waals surface area contributed by atoms with E-state index in [0.29, 0.717) is 0 Å². The van der Waals surface area contributed by atoms with Gasteiger partial charge in [0.25, 0.3) is 10.0 Å². The Morgan fingerprint density at radius 3 is 2.81 bits per heavy atom. The van der Waals surface area contributed by atoms with Crippen LogP contribution in [0.25, 0.3) is 0 Å². The molecule has 0 atom stereocenters. The summed E-state index contributed by atoms with van der Waals surface area (Å²) in [5.74, 6) is -0.648. The molecule has 0 spiro atoms. The van der Waals surface area contributed by atoms with E-state index in [1.165, 1.54) is 12.1 Å². The van der Waals surface area contributed by atoms with Gasteiger partial charge in [0.1, 0.15) is 12.1 Å². The highest BCUT2D eigenvalue weighted by Gasteiger charge is 2.15. The molecule has 16 heavy (non-hydrogen) atoms. The first kappa shape index (κ1) is 10.6. The van der Waals surface area contributed by atoms with Crippen LogP contribution in [0.2, 0.25) is 0 Å². The van der Waals surface area contributed by atoms with Crippen molar-refractivity contribution in [2.75, 3.05) is 4.72 Å². The fraction of sp³-hybridized carbons (Fsp3) is 0. The van der Waals surface area contributed by atoms with Crippen LogP contribution in [0, 0.1) is 5.82 Å². The Kier molecular flexibility index (Phi) is 2.57. The maximum atomic E-state index is 12.8. The van der Waals surface area contributed by atoms with Crippen LogP contribution in [0.3, 0.4) is 0 Å². The van der Waals surface area contributed by atoms with E-state index < -0.39 is 15.8 Å². The molecule has 0 saturated heterocycles. The monoisotopic (exact) mass is 242 g/mol. The second-order valence-corrected chi connectivity index (χ2v) is 4.58. The highest BCUT2D eigenvalue weighted by molar-refractivity contribution is 7.92. The van der Waals surface area contributed by atoms with Gasteiger partial charge in [-0.25, -0.2) is 22.6 Å². The molecule has 2 aromatic rings. The van der Waals surface area contributed by atoms with Gasteiger partial charge >= 0.3 is 0 Å². The second kappa shape index (κ2) is 3.89. The lowest BCUT2D eigenvalue weighted by atomic mass is 10.4. The SMILES string of the molecule is O=S(=O)(Nc1ncn[nH]1)c1cccc(F)c1. The summed E-state index contributed by atoms with van der Waals surface area (Å²) in [5.41, 5.74) is 0. The lowest BCUT2D eigenvalue weighted by molar-refractivity contribution is 0.595. The number of aromatic amines is 1. The van der Waals surface area contributed by atoms with Crippen molar-refractivity contribution in [3.05, 3.63) is 36.4 Å². The third-order valence-electron chi connectivity index (χ3n) is 1.75. The van der Waals surface area contributed by atoms with E-state index in [0.717, 1.165) is 18.5 Å². The van der Waals surface area contributed by atoms with Crippen LogP contribution >= 0.6 is 0 Å². The molecular formula is C8H7FN4O2S. The fourth-order valence-corrected chi connectivity index (χ4v) is 2.07. The average Bonchev–Trinajstić information content (AvgIpc) is 2.70. The van der Waals surface area contributed by atoms with Crippen LogP contribution < -0.4 is 4.72 Å². The van der Waals surface area contributed by atoms with E-state index in [1.807, 2.05) is 0 Å². The molecule has 6 nitrogen and oxygen atoms in total. The smallest absolute Gasteiger partial charge is 0.248 e. The zero-order valence-electron chi connectivity index (χ0n) is 7.88. The van der Waals surface area contributed by atoms with E-state index in [1.54, 1.807) is 0 Å². The zero-order chi connectivity index (χ0) is 11.6. The van der Waals surface area contributed by atoms with Crippen LogP contribution in [0.4, 0.5) is 10.3 Å². The maximum absolute atomic E-state index is 12.8. The third-order valence-corrected chi connectivity index (χ3v) is 3.09. The van der Waals surface area contributed by atoms with Crippen LogP contribution in [-0.2, 0) is 10.0 Å². The summed E-state index contributed by atoms with van der Waals surface area (Å²) in [5, 5.41) is 5.81. The fourth-order valence-electron chi connectivity index (χ4n) is 1.08. The van der Waals surface area contributed by atoms with Crippen molar-refractivity contribution in [3.8, 4) is 0 Å². The van der Waals surface area contributed by atoms with Crippen molar-refractivity contribution < 1.29 is 12.8 Å². The Balaban J connectivity index is 2.33. The molecule has 0 radical (unpaired) electrons. The second-order valence-electron chi connectivity index (χ2n) is 2.90. The number of hydrogen-bond acceptors (Lipinski definition) is 4. The van der Waals surface area contributed by atoms with Gasteiger partial charge in [-0.15, -0.1) is 0 Å². The first-order valence-corrected chi connectivity index (χ1v) is 5.70. The van der Waals surface area contributed by atoms with Crippen molar-refractivity contribution >= 4 is 16.0 Å². The van der Waals surface area contributed by atoms with Crippen LogP contribution in [0.5, 0.6) is 0 Å². The van der Waals surface area contributed by atoms with Crippen molar-refractivity contribution in [1.82, 2.24) is 15.2 Å². The Morgan fingerprint density at radius 1 is 1.38 bits per heavy atom. The van der Waals surface area contributed by atoms with Gasteiger partial charge in [-0.2, -0.15) is 10.1 Å². The van der Waals surface area contributed by atoms with Crippen LogP contribution in [0.1, 0.15) is 0 Å².